The van der Waals surface area contributed by atoms with E-state index in [9.17, 15) is 0 Å². The minimum absolute atomic E-state index is 0.275. The number of rotatable bonds is 2. The molecule has 0 aromatic heterocycles. The fraction of sp³-hybridized carbons (Fsp3) is 1.00. The number of piperidine rings is 1. The summed E-state index contributed by atoms with van der Waals surface area (Å²) in [7, 11) is 2.22. The van der Waals surface area contributed by atoms with Crippen LogP contribution in [0.25, 0.3) is 0 Å². The molecule has 2 fully saturated rings. The second-order valence-electron chi connectivity index (χ2n) is 7.54. The maximum atomic E-state index is 6.11. The third-order valence-corrected chi connectivity index (χ3v) is 5.29. The first-order chi connectivity index (χ1) is 8.37. The summed E-state index contributed by atoms with van der Waals surface area (Å²) in [4.78, 5) is 5.13. The molecule has 106 valence electrons. The molecule has 2 saturated heterocycles. The second kappa shape index (κ2) is 5.10. The SMILES string of the molecule is CN1CCC(CN)(N2CCC(C(C)(C)C)CC2)C1. The van der Waals surface area contributed by atoms with Gasteiger partial charge in [0, 0.05) is 18.6 Å². The third kappa shape index (κ3) is 2.73. The van der Waals surface area contributed by atoms with Crippen molar-refractivity contribution < 1.29 is 0 Å². The molecule has 2 rings (SSSR count). The van der Waals surface area contributed by atoms with Gasteiger partial charge < -0.3 is 10.6 Å². The van der Waals surface area contributed by atoms with Crippen LogP contribution in [0.3, 0.4) is 0 Å². The molecule has 0 amide bonds. The van der Waals surface area contributed by atoms with Crippen molar-refractivity contribution >= 4 is 0 Å². The van der Waals surface area contributed by atoms with Gasteiger partial charge in [0.05, 0.1) is 0 Å². The Bertz CT molecular complexity index is 276. The number of nitrogens with zero attached hydrogens (tertiary/aromatic N) is 2. The Kier molecular flexibility index (Phi) is 4.05. The number of hydrogen-bond donors (Lipinski definition) is 1. The van der Waals surface area contributed by atoms with Crippen LogP contribution in [-0.2, 0) is 0 Å². The largest absolute Gasteiger partial charge is 0.329 e. The van der Waals surface area contributed by atoms with E-state index in [-0.39, 0.29) is 5.54 Å². The average Bonchev–Trinajstić information content (AvgIpc) is 2.71. The van der Waals surface area contributed by atoms with Gasteiger partial charge in [0.15, 0.2) is 0 Å². The van der Waals surface area contributed by atoms with Gasteiger partial charge in [0.1, 0.15) is 0 Å². The van der Waals surface area contributed by atoms with E-state index in [4.69, 9.17) is 5.73 Å². The van der Waals surface area contributed by atoms with E-state index in [0.29, 0.717) is 5.41 Å². The lowest BCUT2D eigenvalue weighted by atomic mass is 9.74. The Morgan fingerprint density at radius 3 is 2.17 bits per heavy atom. The molecule has 0 spiro atoms. The van der Waals surface area contributed by atoms with Crippen molar-refractivity contribution in [3.63, 3.8) is 0 Å². The highest BCUT2D eigenvalue weighted by Gasteiger charge is 2.42. The van der Waals surface area contributed by atoms with Crippen LogP contribution in [0.2, 0.25) is 0 Å². The molecular weight excluding hydrogens is 222 g/mol. The summed E-state index contributed by atoms with van der Waals surface area (Å²) in [5.41, 5.74) is 6.86. The average molecular weight is 253 g/mol. The molecule has 2 N–H and O–H groups in total. The Labute approximate surface area is 113 Å². The van der Waals surface area contributed by atoms with E-state index in [1.165, 1.54) is 38.9 Å². The first-order valence-electron chi connectivity index (χ1n) is 7.51. The van der Waals surface area contributed by atoms with Crippen LogP contribution < -0.4 is 5.73 Å². The zero-order valence-corrected chi connectivity index (χ0v) is 12.7. The Morgan fingerprint density at radius 1 is 1.17 bits per heavy atom. The highest BCUT2D eigenvalue weighted by Crippen LogP contribution is 2.37. The van der Waals surface area contributed by atoms with Crippen LogP contribution in [0.15, 0.2) is 0 Å². The fourth-order valence-electron chi connectivity index (χ4n) is 3.83. The monoisotopic (exact) mass is 253 g/mol. The summed E-state index contributed by atoms with van der Waals surface area (Å²) in [6, 6.07) is 0. The van der Waals surface area contributed by atoms with Crippen LogP contribution in [0.4, 0.5) is 0 Å². The molecule has 3 heteroatoms. The van der Waals surface area contributed by atoms with E-state index < -0.39 is 0 Å². The van der Waals surface area contributed by atoms with Gasteiger partial charge in [-0.05, 0) is 57.3 Å². The van der Waals surface area contributed by atoms with E-state index in [2.05, 4.69) is 37.6 Å². The normalized spacial score (nSPS) is 33.2. The maximum Gasteiger partial charge on any atom is 0.0470 e. The van der Waals surface area contributed by atoms with Gasteiger partial charge >= 0.3 is 0 Å². The zero-order valence-electron chi connectivity index (χ0n) is 12.7. The molecule has 2 aliphatic heterocycles. The lowest BCUT2D eigenvalue weighted by Crippen LogP contribution is -2.58. The summed E-state index contributed by atoms with van der Waals surface area (Å²) in [5, 5.41) is 0. The van der Waals surface area contributed by atoms with Gasteiger partial charge in [0.25, 0.3) is 0 Å². The van der Waals surface area contributed by atoms with Gasteiger partial charge in [-0.2, -0.15) is 0 Å². The molecular formula is C15H31N3. The second-order valence-corrected chi connectivity index (χ2v) is 7.54. The Hall–Kier alpha value is -0.120. The number of likely N-dealkylation sites (N-methyl/N-ethyl adjacent to an activating group) is 1. The summed E-state index contributed by atoms with van der Waals surface area (Å²) < 4.78 is 0. The number of likely N-dealkylation sites (tertiary alicyclic amines) is 2. The van der Waals surface area contributed by atoms with Crippen molar-refractivity contribution in [1.29, 1.82) is 0 Å². The summed E-state index contributed by atoms with van der Waals surface area (Å²) in [6.07, 6.45) is 3.93. The molecule has 3 nitrogen and oxygen atoms in total. The van der Waals surface area contributed by atoms with Crippen molar-refractivity contribution in [3.8, 4) is 0 Å². The molecule has 0 bridgehead atoms. The van der Waals surface area contributed by atoms with Gasteiger partial charge in [-0.3, -0.25) is 4.90 Å². The Morgan fingerprint density at radius 2 is 1.78 bits per heavy atom. The molecule has 1 atom stereocenters. The summed E-state index contributed by atoms with van der Waals surface area (Å²) >= 11 is 0. The lowest BCUT2D eigenvalue weighted by molar-refractivity contribution is 0.0351. The molecule has 2 heterocycles. The smallest absolute Gasteiger partial charge is 0.0470 e. The third-order valence-electron chi connectivity index (χ3n) is 5.29. The Balaban J connectivity index is 1.96. The fourth-order valence-corrected chi connectivity index (χ4v) is 3.83. The molecule has 18 heavy (non-hydrogen) atoms. The van der Waals surface area contributed by atoms with Crippen molar-refractivity contribution in [2.75, 3.05) is 39.8 Å². The number of nitrogens with two attached hydrogens (primary N) is 1. The molecule has 0 aromatic rings. The maximum absolute atomic E-state index is 6.11. The van der Waals surface area contributed by atoms with Crippen LogP contribution in [-0.4, -0.2) is 55.1 Å². The molecule has 0 saturated carbocycles. The van der Waals surface area contributed by atoms with Crippen LogP contribution in [0, 0.1) is 11.3 Å². The molecule has 0 aromatic carbocycles. The van der Waals surface area contributed by atoms with Crippen molar-refractivity contribution in [3.05, 3.63) is 0 Å². The minimum Gasteiger partial charge on any atom is -0.329 e. The molecule has 2 aliphatic rings. The first-order valence-corrected chi connectivity index (χ1v) is 7.51. The van der Waals surface area contributed by atoms with Gasteiger partial charge in [-0.15, -0.1) is 0 Å². The molecule has 0 aliphatic carbocycles. The van der Waals surface area contributed by atoms with Gasteiger partial charge in [-0.1, -0.05) is 20.8 Å². The van der Waals surface area contributed by atoms with Crippen LogP contribution in [0.5, 0.6) is 0 Å². The van der Waals surface area contributed by atoms with E-state index in [1.54, 1.807) is 0 Å². The highest BCUT2D eigenvalue weighted by molar-refractivity contribution is 5.01. The summed E-state index contributed by atoms with van der Waals surface area (Å²) in [5.74, 6) is 0.878. The van der Waals surface area contributed by atoms with Gasteiger partial charge in [0.2, 0.25) is 0 Å². The highest BCUT2D eigenvalue weighted by atomic mass is 15.3. The van der Waals surface area contributed by atoms with E-state index >= 15 is 0 Å². The topological polar surface area (TPSA) is 32.5 Å². The zero-order chi connectivity index (χ0) is 13.4. The minimum atomic E-state index is 0.275. The summed E-state index contributed by atoms with van der Waals surface area (Å²) in [6.45, 7) is 12.8. The van der Waals surface area contributed by atoms with Crippen molar-refractivity contribution in [2.24, 2.45) is 17.1 Å². The molecule has 0 radical (unpaired) electrons. The van der Waals surface area contributed by atoms with Gasteiger partial charge in [-0.25, -0.2) is 0 Å². The van der Waals surface area contributed by atoms with Crippen LogP contribution >= 0.6 is 0 Å². The molecule has 1 unspecified atom stereocenters. The lowest BCUT2D eigenvalue weighted by Gasteiger charge is -2.46. The number of hydrogen-bond acceptors (Lipinski definition) is 3. The van der Waals surface area contributed by atoms with Crippen molar-refractivity contribution in [2.45, 2.75) is 45.6 Å². The quantitative estimate of drug-likeness (QED) is 0.814. The van der Waals surface area contributed by atoms with E-state index in [0.717, 1.165) is 19.0 Å². The van der Waals surface area contributed by atoms with E-state index in [1.807, 2.05) is 0 Å². The first kappa shape index (κ1) is 14.3. The predicted molar refractivity (Wildman–Crippen MR) is 77.7 cm³/mol. The predicted octanol–water partition coefficient (Wildman–Crippen LogP) is 1.78. The standard InChI is InChI=1S/C15H31N3/c1-14(2,3)13-5-8-18(9-6-13)15(11-16)7-10-17(4)12-15/h13H,5-12,16H2,1-4H3. The van der Waals surface area contributed by atoms with Crippen LogP contribution in [0.1, 0.15) is 40.0 Å². The van der Waals surface area contributed by atoms with Crippen molar-refractivity contribution in [1.82, 2.24) is 9.80 Å².